The lowest BCUT2D eigenvalue weighted by Crippen LogP contribution is -2.48. The molecule has 1 saturated heterocycles. The van der Waals surface area contributed by atoms with Crippen LogP contribution in [0.15, 0.2) is 24.3 Å². The van der Waals surface area contributed by atoms with Gasteiger partial charge in [0.25, 0.3) is 0 Å². The highest BCUT2D eigenvalue weighted by molar-refractivity contribution is 5.66. The van der Waals surface area contributed by atoms with Crippen molar-refractivity contribution in [1.29, 1.82) is 0 Å². The predicted molar refractivity (Wildman–Crippen MR) is 70.9 cm³/mol. The van der Waals surface area contributed by atoms with Crippen LogP contribution in [0.2, 0.25) is 0 Å². The predicted octanol–water partition coefficient (Wildman–Crippen LogP) is 2.43. The summed E-state index contributed by atoms with van der Waals surface area (Å²) in [4.78, 5) is 12.8. The third-order valence-electron chi connectivity index (χ3n) is 3.45. The molecule has 0 saturated carbocycles. The molecule has 1 heterocycles. The summed E-state index contributed by atoms with van der Waals surface area (Å²) in [6, 6.07) is 8.17. The maximum atomic E-state index is 11.3. The van der Waals surface area contributed by atoms with Gasteiger partial charge in [0.2, 0.25) is 0 Å². The van der Waals surface area contributed by atoms with E-state index in [0.29, 0.717) is 19.0 Å². The van der Waals surface area contributed by atoms with Crippen LogP contribution in [0.1, 0.15) is 36.9 Å². The second-order valence-electron chi connectivity index (χ2n) is 5.02. The molecule has 0 radical (unpaired) electrons. The molecule has 1 aromatic rings. The van der Waals surface area contributed by atoms with Gasteiger partial charge >= 0.3 is 6.09 Å². The molecule has 0 aromatic heterocycles. The molecule has 1 fully saturated rings. The molecule has 0 bridgehead atoms. The second-order valence-corrected chi connectivity index (χ2v) is 5.02. The molecule has 1 aliphatic heterocycles. The zero-order chi connectivity index (χ0) is 13.1. The van der Waals surface area contributed by atoms with Crippen LogP contribution in [0.25, 0.3) is 0 Å². The van der Waals surface area contributed by atoms with Crippen LogP contribution in [-0.2, 0) is 0 Å². The number of nitrogens with one attached hydrogen (secondary N) is 1. The van der Waals surface area contributed by atoms with Crippen molar-refractivity contribution in [2.45, 2.75) is 25.8 Å². The first-order chi connectivity index (χ1) is 8.59. The van der Waals surface area contributed by atoms with Crippen molar-refractivity contribution in [1.82, 2.24) is 10.2 Å². The number of amides is 1. The Kier molecular flexibility index (Phi) is 3.87. The van der Waals surface area contributed by atoms with Crippen molar-refractivity contribution in [3.63, 3.8) is 0 Å². The quantitative estimate of drug-likeness (QED) is 0.845. The smallest absolute Gasteiger partial charge is 0.407 e. The third-order valence-corrected chi connectivity index (χ3v) is 3.45. The van der Waals surface area contributed by atoms with Gasteiger partial charge in [-0.1, -0.05) is 38.1 Å². The summed E-state index contributed by atoms with van der Waals surface area (Å²) in [5.74, 6) is 0.458. The van der Waals surface area contributed by atoms with Gasteiger partial charge in [-0.15, -0.1) is 0 Å². The Bertz CT molecular complexity index is 432. The van der Waals surface area contributed by atoms with E-state index in [-0.39, 0.29) is 6.04 Å². The lowest BCUT2D eigenvalue weighted by molar-refractivity contribution is 0.112. The maximum absolute atomic E-state index is 11.3. The molecule has 1 aromatic carbocycles. The standard InChI is InChI=1S/C14H20N2O2/c1-10(2)11-4-3-5-12(8-11)13-9-15-6-7-16(13)14(17)18/h3-5,8,10,13,15H,6-7,9H2,1-2H3,(H,17,18). The highest BCUT2D eigenvalue weighted by Crippen LogP contribution is 2.25. The Hall–Kier alpha value is -1.55. The van der Waals surface area contributed by atoms with Gasteiger partial charge in [0.05, 0.1) is 6.04 Å². The first-order valence-corrected chi connectivity index (χ1v) is 6.39. The number of piperazine rings is 1. The van der Waals surface area contributed by atoms with Crippen LogP contribution in [0.5, 0.6) is 0 Å². The molecule has 98 valence electrons. The van der Waals surface area contributed by atoms with Crippen molar-refractivity contribution < 1.29 is 9.90 Å². The van der Waals surface area contributed by atoms with Crippen LogP contribution in [0.3, 0.4) is 0 Å². The number of hydrogen-bond donors (Lipinski definition) is 2. The molecular formula is C14H20N2O2. The Morgan fingerprint density at radius 2 is 2.28 bits per heavy atom. The van der Waals surface area contributed by atoms with Crippen LogP contribution >= 0.6 is 0 Å². The Balaban J connectivity index is 2.28. The summed E-state index contributed by atoms with van der Waals surface area (Å²) in [5, 5.41) is 12.5. The zero-order valence-corrected chi connectivity index (χ0v) is 10.9. The van der Waals surface area contributed by atoms with E-state index in [9.17, 15) is 9.90 Å². The molecule has 1 amide bonds. The molecule has 4 nitrogen and oxygen atoms in total. The van der Waals surface area contributed by atoms with Crippen molar-refractivity contribution in [3.05, 3.63) is 35.4 Å². The van der Waals surface area contributed by atoms with Crippen LogP contribution in [0, 0.1) is 0 Å². The highest BCUT2D eigenvalue weighted by atomic mass is 16.4. The van der Waals surface area contributed by atoms with Gasteiger partial charge in [-0.2, -0.15) is 0 Å². The van der Waals surface area contributed by atoms with E-state index in [4.69, 9.17) is 0 Å². The lowest BCUT2D eigenvalue weighted by Gasteiger charge is -2.34. The topological polar surface area (TPSA) is 52.6 Å². The third kappa shape index (κ3) is 2.64. The molecule has 0 spiro atoms. The molecule has 2 N–H and O–H groups in total. The normalized spacial score (nSPS) is 20.2. The number of rotatable bonds is 2. The van der Waals surface area contributed by atoms with Gasteiger partial charge in [-0.3, -0.25) is 4.90 Å². The fraction of sp³-hybridized carbons (Fsp3) is 0.500. The summed E-state index contributed by atoms with van der Waals surface area (Å²) in [5.41, 5.74) is 2.33. The van der Waals surface area contributed by atoms with Crippen molar-refractivity contribution in [3.8, 4) is 0 Å². The van der Waals surface area contributed by atoms with Gasteiger partial charge in [-0.05, 0) is 17.0 Å². The van der Waals surface area contributed by atoms with Crippen molar-refractivity contribution in [2.24, 2.45) is 0 Å². The Labute approximate surface area is 108 Å². The first-order valence-electron chi connectivity index (χ1n) is 6.39. The number of benzene rings is 1. The summed E-state index contributed by atoms with van der Waals surface area (Å²) in [6.07, 6.45) is -0.837. The minimum atomic E-state index is -0.837. The van der Waals surface area contributed by atoms with E-state index in [1.807, 2.05) is 12.1 Å². The monoisotopic (exact) mass is 248 g/mol. The molecule has 1 atom stereocenters. The van der Waals surface area contributed by atoms with Crippen LogP contribution in [-0.4, -0.2) is 35.7 Å². The van der Waals surface area contributed by atoms with E-state index in [1.54, 1.807) is 0 Å². The highest BCUT2D eigenvalue weighted by Gasteiger charge is 2.27. The molecule has 18 heavy (non-hydrogen) atoms. The Morgan fingerprint density at radius 1 is 1.50 bits per heavy atom. The Morgan fingerprint density at radius 3 is 2.94 bits per heavy atom. The molecular weight excluding hydrogens is 228 g/mol. The average molecular weight is 248 g/mol. The van der Waals surface area contributed by atoms with E-state index in [0.717, 1.165) is 12.1 Å². The number of carbonyl (C=O) groups is 1. The molecule has 0 aliphatic carbocycles. The minimum Gasteiger partial charge on any atom is -0.465 e. The maximum Gasteiger partial charge on any atom is 0.407 e. The molecule has 2 rings (SSSR count). The lowest BCUT2D eigenvalue weighted by atomic mass is 9.96. The summed E-state index contributed by atoms with van der Waals surface area (Å²) >= 11 is 0. The van der Waals surface area contributed by atoms with Gasteiger partial charge < -0.3 is 10.4 Å². The molecule has 1 unspecified atom stereocenters. The largest absolute Gasteiger partial charge is 0.465 e. The zero-order valence-electron chi connectivity index (χ0n) is 10.9. The molecule has 4 heteroatoms. The summed E-state index contributed by atoms with van der Waals surface area (Å²) in [6.45, 7) is 6.26. The number of carboxylic acid groups (broad SMARTS) is 1. The van der Waals surface area contributed by atoms with Crippen molar-refractivity contribution in [2.75, 3.05) is 19.6 Å². The summed E-state index contributed by atoms with van der Waals surface area (Å²) < 4.78 is 0. The number of hydrogen-bond acceptors (Lipinski definition) is 2. The fourth-order valence-electron chi connectivity index (χ4n) is 2.36. The fourth-order valence-corrected chi connectivity index (χ4v) is 2.36. The van der Waals surface area contributed by atoms with Crippen LogP contribution < -0.4 is 5.32 Å². The average Bonchev–Trinajstić information content (AvgIpc) is 2.39. The SMILES string of the molecule is CC(C)c1cccc(C2CNCCN2C(=O)O)c1. The van der Waals surface area contributed by atoms with Gasteiger partial charge in [0.1, 0.15) is 0 Å². The minimum absolute atomic E-state index is 0.0741. The van der Waals surface area contributed by atoms with Gasteiger partial charge in [0.15, 0.2) is 0 Å². The van der Waals surface area contributed by atoms with Crippen molar-refractivity contribution >= 4 is 6.09 Å². The first kappa shape index (κ1) is 12.9. The van der Waals surface area contributed by atoms with Gasteiger partial charge in [0, 0.05) is 19.6 Å². The second kappa shape index (κ2) is 5.40. The number of nitrogens with zero attached hydrogens (tertiary/aromatic N) is 1. The summed E-state index contributed by atoms with van der Waals surface area (Å²) in [7, 11) is 0. The van der Waals surface area contributed by atoms with E-state index in [2.05, 4.69) is 31.3 Å². The van der Waals surface area contributed by atoms with Gasteiger partial charge in [-0.25, -0.2) is 4.79 Å². The van der Waals surface area contributed by atoms with E-state index < -0.39 is 6.09 Å². The van der Waals surface area contributed by atoms with E-state index >= 15 is 0 Å². The van der Waals surface area contributed by atoms with Crippen LogP contribution in [0.4, 0.5) is 4.79 Å². The molecule has 1 aliphatic rings. The van der Waals surface area contributed by atoms with E-state index in [1.165, 1.54) is 10.5 Å².